The highest BCUT2D eigenvalue weighted by Gasteiger charge is 2.33. The first-order valence-electron chi connectivity index (χ1n) is 10.4. The van der Waals surface area contributed by atoms with Crippen LogP contribution in [0.4, 0.5) is 5.82 Å². The Labute approximate surface area is 187 Å². The number of carbonyl (C=O) groups is 1. The fourth-order valence-electron chi connectivity index (χ4n) is 4.12. The molecule has 8 heteroatoms. The van der Waals surface area contributed by atoms with Crippen LogP contribution < -0.4 is 10.5 Å². The number of nitrogens with zero attached hydrogens (tertiary/aromatic N) is 4. The van der Waals surface area contributed by atoms with Crippen molar-refractivity contribution in [1.82, 2.24) is 9.47 Å². The average Bonchev–Trinajstić information content (AvgIpc) is 2.98. The second-order valence-corrected chi connectivity index (χ2v) is 9.77. The Kier molecular flexibility index (Phi) is 7.04. The van der Waals surface area contributed by atoms with Crippen LogP contribution >= 0.6 is 24.0 Å². The highest BCUT2D eigenvalue weighted by Crippen LogP contribution is 2.36. The number of aromatic nitrogens is 1. The lowest BCUT2D eigenvalue weighted by Gasteiger charge is -2.35. The Balaban J connectivity index is 2.14. The molecule has 0 aliphatic carbocycles. The van der Waals surface area contributed by atoms with Crippen molar-refractivity contribution >= 4 is 46.1 Å². The third kappa shape index (κ3) is 4.19. The summed E-state index contributed by atoms with van der Waals surface area (Å²) in [6.45, 7) is 8.39. The highest BCUT2D eigenvalue weighted by molar-refractivity contribution is 8.26. The van der Waals surface area contributed by atoms with Gasteiger partial charge in [-0.25, -0.2) is 0 Å². The minimum atomic E-state index is -0.295. The molecule has 0 saturated carbocycles. The zero-order chi connectivity index (χ0) is 22.0. The third-order valence-electron chi connectivity index (χ3n) is 5.81. The maximum Gasteiger partial charge on any atom is 0.270 e. The lowest BCUT2D eigenvalue weighted by Crippen LogP contribution is -2.39. The van der Waals surface area contributed by atoms with Gasteiger partial charge in [0.05, 0.1) is 4.91 Å². The van der Waals surface area contributed by atoms with E-state index < -0.39 is 0 Å². The number of thiocarbonyl (C=S) groups is 1. The Morgan fingerprint density at radius 2 is 2.10 bits per heavy atom. The van der Waals surface area contributed by atoms with E-state index in [0.29, 0.717) is 27.3 Å². The van der Waals surface area contributed by atoms with Crippen molar-refractivity contribution in [3.63, 3.8) is 0 Å². The van der Waals surface area contributed by atoms with Gasteiger partial charge in [-0.3, -0.25) is 19.1 Å². The number of thioether (sulfide) groups is 1. The van der Waals surface area contributed by atoms with Gasteiger partial charge in [-0.2, -0.15) is 5.26 Å². The first-order chi connectivity index (χ1) is 14.3. The monoisotopic (exact) mass is 444 g/mol. The van der Waals surface area contributed by atoms with Gasteiger partial charge in [0.2, 0.25) is 0 Å². The molecule has 1 atom stereocenters. The predicted molar refractivity (Wildman–Crippen MR) is 127 cm³/mol. The van der Waals surface area contributed by atoms with E-state index in [1.165, 1.54) is 11.8 Å². The van der Waals surface area contributed by atoms with Gasteiger partial charge in [0.15, 0.2) is 0 Å². The van der Waals surface area contributed by atoms with Gasteiger partial charge >= 0.3 is 0 Å². The van der Waals surface area contributed by atoms with Crippen LogP contribution in [0, 0.1) is 24.2 Å². The summed E-state index contributed by atoms with van der Waals surface area (Å²) >= 11 is 6.73. The molecule has 2 saturated heterocycles. The SMILES string of the molecule is CCCCN1C(=O)/C(=C/c2c(C)c(C#N)c(=O)n(C)c2N2CCCC(C)C2)SC1=S. The number of unbranched alkanes of at least 4 members (excludes halogenated alkanes) is 1. The van der Waals surface area contributed by atoms with Crippen molar-refractivity contribution in [2.24, 2.45) is 13.0 Å². The van der Waals surface area contributed by atoms with Gasteiger partial charge in [0.25, 0.3) is 11.5 Å². The molecule has 1 amide bonds. The molecule has 0 N–H and O–H groups in total. The van der Waals surface area contributed by atoms with E-state index in [1.54, 1.807) is 23.4 Å². The first kappa shape index (κ1) is 22.6. The van der Waals surface area contributed by atoms with Crippen LogP contribution in [-0.4, -0.2) is 39.3 Å². The smallest absolute Gasteiger partial charge is 0.270 e. The van der Waals surface area contributed by atoms with E-state index in [0.717, 1.165) is 50.2 Å². The number of amides is 1. The topological polar surface area (TPSA) is 69.3 Å². The number of hydrogen-bond donors (Lipinski definition) is 0. The highest BCUT2D eigenvalue weighted by atomic mass is 32.2. The molecule has 1 aromatic rings. The summed E-state index contributed by atoms with van der Waals surface area (Å²) in [6, 6.07) is 2.06. The van der Waals surface area contributed by atoms with Gasteiger partial charge in [0, 0.05) is 32.2 Å². The zero-order valence-electron chi connectivity index (χ0n) is 18.0. The van der Waals surface area contributed by atoms with Crippen molar-refractivity contribution in [2.45, 2.75) is 46.5 Å². The van der Waals surface area contributed by atoms with Crippen LogP contribution in [0.15, 0.2) is 9.70 Å². The maximum absolute atomic E-state index is 13.0. The van der Waals surface area contributed by atoms with Crippen molar-refractivity contribution < 1.29 is 4.79 Å². The zero-order valence-corrected chi connectivity index (χ0v) is 19.7. The minimum absolute atomic E-state index is 0.0943. The van der Waals surface area contributed by atoms with Gasteiger partial charge in [-0.15, -0.1) is 0 Å². The van der Waals surface area contributed by atoms with E-state index >= 15 is 0 Å². The van der Waals surface area contributed by atoms with Crippen LogP contribution in [0.5, 0.6) is 0 Å². The molecule has 0 radical (unpaired) electrons. The number of pyridine rings is 1. The number of carbonyl (C=O) groups excluding carboxylic acids is 1. The molecule has 3 rings (SSSR count). The minimum Gasteiger partial charge on any atom is -0.357 e. The molecular weight excluding hydrogens is 416 g/mol. The molecule has 3 heterocycles. The number of hydrogen-bond acceptors (Lipinski definition) is 6. The standard InChI is InChI=1S/C22H28N4O2S2/c1-5-6-10-26-21(28)18(30-22(26)29)11-16-15(3)17(12-23)20(27)24(4)19(16)25-9-7-8-14(2)13-25/h11,14H,5-10,13H2,1-4H3/b18-11-. The van der Waals surface area contributed by atoms with E-state index in [9.17, 15) is 14.9 Å². The number of piperidine rings is 1. The summed E-state index contributed by atoms with van der Waals surface area (Å²) in [5.41, 5.74) is 1.21. The van der Waals surface area contributed by atoms with Gasteiger partial charge in [-0.05, 0) is 43.7 Å². The summed E-state index contributed by atoms with van der Waals surface area (Å²) in [5, 5.41) is 9.59. The molecule has 1 unspecified atom stereocenters. The molecule has 2 aliphatic rings. The molecule has 6 nitrogen and oxygen atoms in total. The summed E-state index contributed by atoms with van der Waals surface area (Å²) in [6.07, 6.45) is 5.92. The van der Waals surface area contributed by atoms with Crippen molar-refractivity contribution in [1.29, 1.82) is 5.26 Å². The summed E-state index contributed by atoms with van der Waals surface area (Å²) < 4.78 is 2.13. The lowest BCUT2D eigenvalue weighted by atomic mass is 9.98. The predicted octanol–water partition coefficient (Wildman–Crippen LogP) is 3.80. The van der Waals surface area contributed by atoms with Gasteiger partial charge in [0.1, 0.15) is 21.8 Å². The van der Waals surface area contributed by atoms with E-state index in [4.69, 9.17) is 12.2 Å². The molecule has 2 aliphatic heterocycles. The van der Waals surface area contributed by atoms with Crippen LogP contribution in [-0.2, 0) is 11.8 Å². The van der Waals surface area contributed by atoms with Crippen LogP contribution in [0.1, 0.15) is 56.2 Å². The molecule has 0 spiro atoms. The number of anilines is 1. The number of rotatable bonds is 5. The molecule has 160 valence electrons. The fraction of sp³-hybridized carbons (Fsp3) is 0.545. The number of nitriles is 1. The molecule has 2 fully saturated rings. The van der Waals surface area contributed by atoms with Crippen molar-refractivity contribution in [3.05, 3.63) is 31.9 Å². The maximum atomic E-state index is 13.0. The van der Waals surface area contributed by atoms with Crippen LogP contribution in [0.25, 0.3) is 6.08 Å². The quantitative estimate of drug-likeness (QED) is 0.508. The fourth-order valence-corrected chi connectivity index (χ4v) is 5.41. The van der Waals surface area contributed by atoms with Gasteiger partial charge in [-0.1, -0.05) is 44.2 Å². The molecule has 0 aromatic carbocycles. The Bertz CT molecular complexity index is 1010. The van der Waals surface area contributed by atoms with E-state index in [1.807, 2.05) is 6.08 Å². The molecule has 0 bridgehead atoms. The Morgan fingerprint density at radius 3 is 2.73 bits per heavy atom. The second kappa shape index (κ2) is 9.36. The summed E-state index contributed by atoms with van der Waals surface area (Å²) in [7, 11) is 1.71. The third-order valence-corrected chi connectivity index (χ3v) is 7.19. The average molecular weight is 445 g/mol. The molecule has 30 heavy (non-hydrogen) atoms. The second-order valence-electron chi connectivity index (χ2n) is 8.09. The Morgan fingerprint density at radius 1 is 1.37 bits per heavy atom. The molecular formula is C22H28N4O2S2. The van der Waals surface area contributed by atoms with Crippen molar-refractivity contribution in [2.75, 3.05) is 24.5 Å². The first-order valence-corrected chi connectivity index (χ1v) is 11.7. The normalized spacial score (nSPS) is 20.9. The van der Waals surface area contributed by atoms with Crippen molar-refractivity contribution in [3.8, 4) is 6.07 Å². The van der Waals surface area contributed by atoms with Crippen LogP contribution in [0.2, 0.25) is 0 Å². The molecule has 1 aromatic heterocycles. The van der Waals surface area contributed by atoms with E-state index in [2.05, 4.69) is 24.8 Å². The van der Waals surface area contributed by atoms with Gasteiger partial charge < -0.3 is 4.90 Å². The van der Waals surface area contributed by atoms with E-state index in [-0.39, 0.29) is 17.0 Å². The Hall–Kier alpha value is -2.11. The summed E-state index contributed by atoms with van der Waals surface area (Å²) in [5.74, 6) is 1.20. The summed E-state index contributed by atoms with van der Waals surface area (Å²) in [4.78, 5) is 30.2. The lowest BCUT2D eigenvalue weighted by molar-refractivity contribution is -0.122. The largest absolute Gasteiger partial charge is 0.357 e. The van der Waals surface area contributed by atoms with Crippen LogP contribution in [0.3, 0.4) is 0 Å².